The van der Waals surface area contributed by atoms with Crippen molar-refractivity contribution in [2.75, 3.05) is 19.5 Å². The van der Waals surface area contributed by atoms with Crippen molar-refractivity contribution in [3.8, 4) is 11.5 Å². The molecule has 0 saturated heterocycles. The molecule has 0 radical (unpaired) electrons. The summed E-state index contributed by atoms with van der Waals surface area (Å²) in [5.74, 6) is 1.84. The van der Waals surface area contributed by atoms with Crippen LogP contribution >= 0.6 is 0 Å². The summed E-state index contributed by atoms with van der Waals surface area (Å²) in [5, 5.41) is 3.69. The minimum atomic E-state index is 0.0936. The first-order valence-corrected chi connectivity index (χ1v) is 8.12. The van der Waals surface area contributed by atoms with Gasteiger partial charge in [-0.3, -0.25) is 0 Å². The van der Waals surface area contributed by atoms with Gasteiger partial charge in [0.1, 0.15) is 11.5 Å². The number of nitrogens with one attached hydrogen (secondary N) is 1. The molecular weight excluding hydrogens is 286 g/mol. The molecule has 0 aliphatic carbocycles. The van der Waals surface area contributed by atoms with Crippen LogP contribution < -0.4 is 14.8 Å². The zero-order valence-corrected chi connectivity index (χ0v) is 14.3. The molecular formula is C20H25NO2. The number of rotatable bonds is 5. The van der Waals surface area contributed by atoms with E-state index >= 15 is 0 Å². The van der Waals surface area contributed by atoms with Crippen molar-refractivity contribution in [3.63, 3.8) is 0 Å². The first kappa shape index (κ1) is 15.7. The normalized spacial score (nSPS) is 18.2. The fourth-order valence-electron chi connectivity index (χ4n) is 3.40. The minimum Gasteiger partial charge on any atom is -0.497 e. The molecule has 1 atom stereocenters. The van der Waals surface area contributed by atoms with Gasteiger partial charge in [-0.05, 0) is 54.3 Å². The largest absolute Gasteiger partial charge is 0.497 e. The average Bonchev–Trinajstić information content (AvgIpc) is 2.83. The number of fused-ring (bicyclic) bond motifs is 1. The lowest BCUT2D eigenvalue weighted by molar-refractivity contribution is 0.408. The predicted molar refractivity (Wildman–Crippen MR) is 94.7 cm³/mol. The van der Waals surface area contributed by atoms with Crippen LogP contribution in [0.2, 0.25) is 0 Å². The second-order valence-corrected chi connectivity index (χ2v) is 6.72. The Balaban J connectivity index is 1.71. The van der Waals surface area contributed by atoms with Gasteiger partial charge < -0.3 is 14.8 Å². The summed E-state index contributed by atoms with van der Waals surface area (Å²) in [6.07, 6.45) is 2.15. The number of methoxy groups -OCH3 is 2. The molecule has 1 aliphatic heterocycles. The van der Waals surface area contributed by atoms with Gasteiger partial charge in [-0.1, -0.05) is 26.0 Å². The molecule has 0 saturated carbocycles. The molecule has 1 unspecified atom stereocenters. The second kappa shape index (κ2) is 6.15. The van der Waals surface area contributed by atoms with Crippen molar-refractivity contribution >= 4 is 5.69 Å². The van der Waals surface area contributed by atoms with Crippen LogP contribution in [0.15, 0.2) is 42.5 Å². The van der Waals surface area contributed by atoms with Crippen LogP contribution in [-0.2, 0) is 11.8 Å². The lowest BCUT2D eigenvalue weighted by atomic mass is 9.78. The number of benzene rings is 2. The summed E-state index contributed by atoms with van der Waals surface area (Å²) >= 11 is 0. The molecule has 1 N–H and O–H groups in total. The summed E-state index contributed by atoms with van der Waals surface area (Å²) in [6.45, 7) is 4.62. The highest BCUT2D eigenvalue weighted by atomic mass is 16.5. The summed E-state index contributed by atoms with van der Waals surface area (Å²) in [4.78, 5) is 0. The van der Waals surface area contributed by atoms with Crippen molar-refractivity contribution in [1.29, 1.82) is 0 Å². The molecule has 0 fully saturated rings. The van der Waals surface area contributed by atoms with E-state index in [1.807, 2.05) is 18.2 Å². The average molecular weight is 311 g/mol. The van der Waals surface area contributed by atoms with E-state index in [-0.39, 0.29) is 5.41 Å². The van der Waals surface area contributed by atoms with Crippen LogP contribution in [-0.4, -0.2) is 20.3 Å². The van der Waals surface area contributed by atoms with E-state index in [1.165, 1.54) is 16.8 Å². The molecule has 3 heteroatoms. The fourth-order valence-corrected chi connectivity index (χ4v) is 3.40. The van der Waals surface area contributed by atoms with Crippen molar-refractivity contribution in [3.05, 3.63) is 53.6 Å². The molecule has 2 aromatic rings. The highest BCUT2D eigenvalue weighted by Crippen LogP contribution is 2.43. The van der Waals surface area contributed by atoms with E-state index in [2.05, 4.69) is 43.4 Å². The van der Waals surface area contributed by atoms with Crippen LogP contribution in [0.1, 0.15) is 31.4 Å². The molecule has 1 heterocycles. The van der Waals surface area contributed by atoms with E-state index in [1.54, 1.807) is 14.2 Å². The molecule has 0 amide bonds. The van der Waals surface area contributed by atoms with E-state index < -0.39 is 0 Å². The Labute approximate surface area is 138 Å². The Hall–Kier alpha value is -2.16. The first-order valence-electron chi connectivity index (χ1n) is 8.12. The number of anilines is 1. The maximum Gasteiger partial charge on any atom is 0.119 e. The molecule has 122 valence electrons. The van der Waals surface area contributed by atoms with E-state index in [0.717, 1.165) is 24.3 Å². The van der Waals surface area contributed by atoms with E-state index in [9.17, 15) is 0 Å². The molecule has 2 aromatic carbocycles. The van der Waals surface area contributed by atoms with Gasteiger partial charge in [0.15, 0.2) is 0 Å². The lowest BCUT2D eigenvalue weighted by Gasteiger charge is -2.28. The lowest BCUT2D eigenvalue weighted by Crippen LogP contribution is -2.33. The third kappa shape index (κ3) is 3.00. The van der Waals surface area contributed by atoms with Crippen molar-refractivity contribution in [1.82, 2.24) is 0 Å². The number of aryl methyl sites for hydroxylation is 1. The zero-order valence-electron chi connectivity index (χ0n) is 14.3. The number of hydrogen-bond acceptors (Lipinski definition) is 3. The van der Waals surface area contributed by atoms with Gasteiger partial charge >= 0.3 is 0 Å². The van der Waals surface area contributed by atoms with Gasteiger partial charge in [0.25, 0.3) is 0 Å². The third-order valence-corrected chi connectivity index (χ3v) is 5.00. The quantitative estimate of drug-likeness (QED) is 0.887. The zero-order chi connectivity index (χ0) is 16.4. The maximum absolute atomic E-state index is 5.38. The van der Waals surface area contributed by atoms with Crippen molar-refractivity contribution in [2.24, 2.45) is 0 Å². The van der Waals surface area contributed by atoms with Crippen molar-refractivity contribution in [2.45, 2.75) is 38.1 Å². The van der Waals surface area contributed by atoms with Gasteiger partial charge in [0.2, 0.25) is 0 Å². The Morgan fingerprint density at radius 2 is 1.61 bits per heavy atom. The topological polar surface area (TPSA) is 30.5 Å². The van der Waals surface area contributed by atoms with Gasteiger partial charge in [-0.2, -0.15) is 0 Å². The fraction of sp³-hybridized carbons (Fsp3) is 0.400. The molecule has 3 rings (SSSR count). The van der Waals surface area contributed by atoms with Crippen LogP contribution in [0.3, 0.4) is 0 Å². The van der Waals surface area contributed by atoms with Crippen molar-refractivity contribution < 1.29 is 9.47 Å². The summed E-state index contributed by atoms with van der Waals surface area (Å²) in [7, 11) is 3.42. The monoisotopic (exact) mass is 311 g/mol. The SMILES string of the molecule is COc1ccc(CCC2Nc3ccc(OC)cc3C2(C)C)cc1. The van der Waals surface area contributed by atoms with Gasteiger partial charge in [-0.25, -0.2) is 0 Å². The molecule has 23 heavy (non-hydrogen) atoms. The molecule has 3 nitrogen and oxygen atoms in total. The Kier molecular flexibility index (Phi) is 4.20. The van der Waals surface area contributed by atoms with Gasteiger partial charge in [0, 0.05) is 17.1 Å². The Morgan fingerprint density at radius 1 is 0.957 bits per heavy atom. The van der Waals surface area contributed by atoms with E-state index in [4.69, 9.17) is 9.47 Å². The van der Waals surface area contributed by atoms with E-state index in [0.29, 0.717) is 6.04 Å². The maximum atomic E-state index is 5.38. The standard InChI is InChI=1S/C20H25NO2/c1-20(2)17-13-16(23-4)10-11-18(17)21-19(20)12-7-14-5-8-15(22-3)9-6-14/h5-6,8-11,13,19,21H,7,12H2,1-4H3. The van der Waals surface area contributed by atoms with Crippen LogP contribution in [0.4, 0.5) is 5.69 Å². The minimum absolute atomic E-state index is 0.0936. The number of ether oxygens (including phenoxy) is 2. The second-order valence-electron chi connectivity index (χ2n) is 6.72. The highest BCUT2D eigenvalue weighted by molar-refractivity contribution is 5.63. The number of hydrogen-bond donors (Lipinski definition) is 1. The summed E-state index contributed by atoms with van der Waals surface area (Å²) < 4.78 is 10.6. The van der Waals surface area contributed by atoms with Gasteiger partial charge in [-0.15, -0.1) is 0 Å². The Morgan fingerprint density at radius 3 is 2.26 bits per heavy atom. The highest BCUT2D eigenvalue weighted by Gasteiger charge is 2.38. The molecule has 0 aromatic heterocycles. The summed E-state index contributed by atoms with van der Waals surface area (Å²) in [5.41, 5.74) is 4.01. The first-order chi connectivity index (χ1) is 11.0. The van der Waals surface area contributed by atoms with Crippen LogP contribution in [0, 0.1) is 0 Å². The van der Waals surface area contributed by atoms with Crippen LogP contribution in [0.25, 0.3) is 0 Å². The smallest absolute Gasteiger partial charge is 0.119 e. The third-order valence-electron chi connectivity index (χ3n) is 5.00. The molecule has 0 bridgehead atoms. The molecule has 0 spiro atoms. The Bertz CT molecular complexity index is 677. The summed E-state index contributed by atoms with van der Waals surface area (Å²) in [6, 6.07) is 15.1. The molecule has 1 aliphatic rings. The van der Waals surface area contributed by atoms with Gasteiger partial charge in [0.05, 0.1) is 14.2 Å². The van der Waals surface area contributed by atoms with Crippen LogP contribution in [0.5, 0.6) is 11.5 Å². The predicted octanol–water partition coefficient (Wildman–Crippen LogP) is 4.41.